The van der Waals surface area contributed by atoms with E-state index in [0.29, 0.717) is 12.2 Å². The molecule has 3 heteroatoms. The largest absolute Gasteiger partial charge is 0.461 e. The summed E-state index contributed by atoms with van der Waals surface area (Å²) in [5, 5.41) is 0. The topological polar surface area (TPSA) is 26.3 Å². The van der Waals surface area contributed by atoms with E-state index in [1.807, 2.05) is 6.07 Å². The number of rotatable bonds is 5. The van der Waals surface area contributed by atoms with Gasteiger partial charge in [-0.3, -0.25) is 0 Å². The van der Waals surface area contributed by atoms with E-state index in [1.165, 1.54) is 10.5 Å². The van der Waals surface area contributed by atoms with E-state index in [9.17, 15) is 4.79 Å². The number of hydrogen-bond donors (Lipinski definition) is 0. The molecule has 0 fully saturated rings. The van der Waals surface area contributed by atoms with Gasteiger partial charge in [0.1, 0.15) is 6.61 Å². The van der Waals surface area contributed by atoms with Gasteiger partial charge in [-0.05, 0) is 26.0 Å². The number of aryl methyl sites for hydroxylation is 1. The highest BCUT2D eigenvalue weighted by Gasteiger charge is 2.02. The third-order valence-electron chi connectivity index (χ3n) is 1.92. The third-order valence-corrected chi connectivity index (χ3v) is 2.88. The molecule has 1 aromatic rings. The standard InChI is InChI=1S/C13H16O2S/c1-10(2)13(14)15-7-8-16-12-6-4-5-11(3)9-12/h4-6,9H,1,7-8H2,2-3H3. The van der Waals surface area contributed by atoms with Crippen molar-refractivity contribution in [1.82, 2.24) is 0 Å². The van der Waals surface area contributed by atoms with E-state index in [-0.39, 0.29) is 5.97 Å². The summed E-state index contributed by atoms with van der Waals surface area (Å²) >= 11 is 1.68. The second kappa shape index (κ2) is 6.38. The molecule has 0 unspecified atom stereocenters. The van der Waals surface area contributed by atoms with Crippen molar-refractivity contribution in [2.75, 3.05) is 12.4 Å². The predicted octanol–water partition coefficient (Wildman–Crippen LogP) is 3.21. The zero-order valence-electron chi connectivity index (χ0n) is 9.66. The van der Waals surface area contributed by atoms with Crippen molar-refractivity contribution in [3.8, 4) is 0 Å². The van der Waals surface area contributed by atoms with Crippen LogP contribution in [0, 0.1) is 6.92 Å². The zero-order valence-corrected chi connectivity index (χ0v) is 10.5. The predicted molar refractivity (Wildman–Crippen MR) is 67.7 cm³/mol. The monoisotopic (exact) mass is 236 g/mol. The Morgan fingerprint density at radius 2 is 2.25 bits per heavy atom. The van der Waals surface area contributed by atoms with Crippen LogP contribution in [0.5, 0.6) is 0 Å². The van der Waals surface area contributed by atoms with Crippen LogP contribution >= 0.6 is 11.8 Å². The molecular weight excluding hydrogens is 220 g/mol. The van der Waals surface area contributed by atoms with E-state index < -0.39 is 0 Å². The number of ether oxygens (including phenoxy) is 1. The van der Waals surface area contributed by atoms with Crippen molar-refractivity contribution in [3.05, 3.63) is 42.0 Å². The molecular formula is C13H16O2S. The Kier molecular flexibility index (Phi) is 5.12. The quantitative estimate of drug-likeness (QED) is 0.340. The number of carbonyl (C=O) groups excluding carboxylic acids is 1. The van der Waals surface area contributed by atoms with Gasteiger partial charge in [-0.15, -0.1) is 11.8 Å². The fourth-order valence-corrected chi connectivity index (χ4v) is 1.97. The molecule has 0 saturated heterocycles. The molecule has 0 heterocycles. The van der Waals surface area contributed by atoms with Crippen LogP contribution in [0.3, 0.4) is 0 Å². The molecule has 2 nitrogen and oxygen atoms in total. The first-order valence-corrected chi connectivity index (χ1v) is 6.10. The maximum absolute atomic E-state index is 11.1. The smallest absolute Gasteiger partial charge is 0.333 e. The SMILES string of the molecule is C=C(C)C(=O)OCCSc1cccc(C)c1. The van der Waals surface area contributed by atoms with E-state index >= 15 is 0 Å². The number of benzene rings is 1. The van der Waals surface area contributed by atoms with E-state index in [1.54, 1.807) is 18.7 Å². The molecule has 0 aromatic heterocycles. The first-order valence-electron chi connectivity index (χ1n) is 5.11. The van der Waals surface area contributed by atoms with Gasteiger partial charge in [0.15, 0.2) is 0 Å². The molecule has 16 heavy (non-hydrogen) atoms. The van der Waals surface area contributed by atoms with Gasteiger partial charge in [0.05, 0.1) is 0 Å². The second-order valence-corrected chi connectivity index (χ2v) is 4.75. The van der Waals surface area contributed by atoms with E-state index in [4.69, 9.17) is 4.74 Å². The van der Waals surface area contributed by atoms with Gasteiger partial charge in [-0.25, -0.2) is 4.79 Å². The number of thioether (sulfide) groups is 1. The Balaban J connectivity index is 2.26. The van der Waals surface area contributed by atoms with Gasteiger partial charge < -0.3 is 4.74 Å². The van der Waals surface area contributed by atoms with Crippen LogP contribution in [-0.2, 0) is 9.53 Å². The molecule has 0 saturated carbocycles. The van der Waals surface area contributed by atoms with Gasteiger partial charge in [0, 0.05) is 16.2 Å². The van der Waals surface area contributed by atoms with Crippen LogP contribution in [0.4, 0.5) is 0 Å². The summed E-state index contributed by atoms with van der Waals surface area (Å²) in [6.07, 6.45) is 0. The van der Waals surface area contributed by atoms with Crippen molar-refractivity contribution in [2.24, 2.45) is 0 Å². The lowest BCUT2D eigenvalue weighted by molar-refractivity contribution is -0.138. The van der Waals surface area contributed by atoms with Gasteiger partial charge in [0.25, 0.3) is 0 Å². The van der Waals surface area contributed by atoms with Crippen molar-refractivity contribution in [2.45, 2.75) is 18.7 Å². The van der Waals surface area contributed by atoms with Gasteiger partial charge in [0.2, 0.25) is 0 Å². The molecule has 0 amide bonds. The van der Waals surface area contributed by atoms with Crippen LogP contribution in [0.2, 0.25) is 0 Å². The molecule has 0 radical (unpaired) electrons. The first-order chi connectivity index (χ1) is 7.59. The Hall–Kier alpha value is -1.22. The number of esters is 1. The van der Waals surface area contributed by atoms with Crippen molar-refractivity contribution < 1.29 is 9.53 Å². The van der Waals surface area contributed by atoms with Crippen LogP contribution in [0.15, 0.2) is 41.3 Å². The molecule has 0 N–H and O–H groups in total. The Morgan fingerprint density at radius 3 is 2.88 bits per heavy atom. The summed E-state index contributed by atoms with van der Waals surface area (Å²) in [5.74, 6) is 0.451. The normalized spacial score (nSPS) is 9.88. The maximum atomic E-state index is 11.1. The van der Waals surface area contributed by atoms with Gasteiger partial charge >= 0.3 is 5.97 Å². The van der Waals surface area contributed by atoms with E-state index in [2.05, 4.69) is 31.7 Å². The summed E-state index contributed by atoms with van der Waals surface area (Å²) in [6.45, 7) is 7.65. The van der Waals surface area contributed by atoms with Crippen molar-refractivity contribution in [1.29, 1.82) is 0 Å². The van der Waals surface area contributed by atoms with Crippen LogP contribution in [0.1, 0.15) is 12.5 Å². The summed E-state index contributed by atoms with van der Waals surface area (Å²) < 4.78 is 5.00. The fourth-order valence-electron chi connectivity index (χ4n) is 1.12. The van der Waals surface area contributed by atoms with Crippen LogP contribution in [0.25, 0.3) is 0 Å². The van der Waals surface area contributed by atoms with E-state index in [0.717, 1.165) is 5.75 Å². The average molecular weight is 236 g/mol. The highest BCUT2D eigenvalue weighted by molar-refractivity contribution is 7.99. The lowest BCUT2D eigenvalue weighted by atomic mass is 10.2. The van der Waals surface area contributed by atoms with Gasteiger partial charge in [-0.1, -0.05) is 24.3 Å². The maximum Gasteiger partial charge on any atom is 0.333 e. The lowest BCUT2D eigenvalue weighted by Gasteiger charge is -2.04. The minimum Gasteiger partial charge on any atom is -0.461 e. The number of carbonyl (C=O) groups is 1. The highest BCUT2D eigenvalue weighted by Crippen LogP contribution is 2.18. The Bertz CT molecular complexity index is 385. The zero-order chi connectivity index (χ0) is 12.0. The highest BCUT2D eigenvalue weighted by atomic mass is 32.2. The van der Waals surface area contributed by atoms with Crippen LogP contribution in [-0.4, -0.2) is 18.3 Å². The molecule has 1 aromatic carbocycles. The molecule has 0 aliphatic carbocycles. The van der Waals surface area contributed by atoms with Crippen LogP contribution < -0.4 is 0 Å². The lowest BCUT2D eigenvalue weighted by Crippen LogP contribution is -2.07. The van der Waals surface area contributed by atoms with Crippen molar-refractivity contribution >= 4 is 17.7 Å². The summed E-state index contributed by atoms with van der Waals surface area (Å²) in [5.41, 5.74) is 1.68. The second-order valence-electron chi connectivity index (χ2n) is 3.58. The fraction of sp³-hybridized carbons (Fsp3) is 0.308. The molecule has 0 spiro atoms. The molecule has 0 atom stereocenters. The summed E-state index contributed by atoms with van der Waals surface area (Å²) in [7, 11) is 0. The molecule has 1 rings (SSSR count). The summed E-state index contributed by atoms with van der Waals surface area (Å²) in [4.78, 5) is 12.3. The molecule has 0 bridgehead atoms. The third kappa shape index (κ3) is 4.53. The average Bonchev–Trinajstić information content (AvgIpc) is 2.24. The van der Waals surface area contributed by atoms with Gasteiger partial charge in [-0.2, -0.15) is 0 Å². The first kappa shape index (κ1) is 12.8. The Morgan fingerprint density at radius 1 is 1.50 bits per heavy atom. The molecule has 86 valence electrons. The van der Waals surface area contributed by atoms with Crippen molar-refractivity contribution in [3.63, 3.8) is 0 Å². The molecule has 0 aliphatic heterocycles. The number of hydrogen-bond acceptors (Lipinski definition) is 3. The summed E-state index contributed by atoms with van der Waals surface area (Å²) in [6, 6.07) is 8.26. The minimum absolute atomic E-state index is 0.315. The minimum atomic E-state index is -0.315. The Labute approximate surface area is 101 Å². The molecule has 0 aliphatic rings.